The number of halogens is 1. The molecule has 0 fully saturated rings. The molecule has 0 aliphatic carbocycles. The maximum Gasteiger partial charge on any atom is 0.407 e. The van der Waals surface area contributed by atoms with Crippen molar-refractivity contribution in [3.8, 4) is 0 Å². The van der Waals surface area contributed by atoms with Crippen molar-refractivity contribution < 1.29 is 34.0 Å². The Labute approximate surface area is 139 Å². The summed E-state index contributed by atoms with van der Waals surface area (Å²) in [6.07, 6.45) is -3.59. The van der Waals surface area contributed by atoms with Crippen LogP contribution in [0, 0.1) is 5.82 Å². The molecule has 134 valence electrons. The lowest BCUT2D eigenvalue weighted by Gasteiger charge is -2.22. The molecule has 0 saturated carbocycles. The second-order valence-corrected chi connectivity index (χ2v) is 6.27. The maximum atomic E-state index is 13.1. The highest BCUT2D eigenvalue weighted by molar-refractivity contribution is 5.89. The molecule has 8 heteroatoms. The number of amides is 1. The molecule has 0 aromatic heterocycles. The highest BCUT2D eigenvalue weighted by Crippen LogP contribution is 2.23. The van der Waals surface area contributed by atoms with Crippen molar-refractivity contribution in [2.24, 2.45) is 0 Å². The fraction of sp³-hybridized carbons (Fsp3) is 0.500. The number of hydrogen-bond donors (Lipinski definition) is 4. The number of benzene rings is 1. The summed E-state index contributed by atoms with van der Waals surface area (Å²) in [5.41, 5.74) is -1.19. The first-order chi connectivity index (χ1) is 11.0. The molecule has 7 nitrogen and oxygen atoms in total. The van der Waals surface area contributed by atoms with E-state index in [1.807, 2.05) is 0 Å². The van der Waals surface area contributed by atoms with Crippen LogP contribution >= 0.6 is 0 Å². The van der Waals surface area contributed by atoms with E-state index in [0.717, 1.165) is 18.2 Å². The molecule has 0 radical (unpaired) electrons. The van der Waals surface area contributed by atoms with Gasteiger partial charge in [-0.3, -0.25) is 0 Å². The molecule has 1 rings (SSSR count). The summed E-state index contributed by atoms with van der Waals surface area (Å²) in [6.45, 7) is 5.12. The molecule has 24 heavy (non-hydrogen) atoms. The minimum absolute atomic E-state index is 0.0107. The lowest BCUT2D eigenvalue weighted by Crippen LogP contribution is -2.34. The second kappa shape index (κ2) is 8.07. The first-order valence-electron chi connectivity index (χ1n) is 7.37. The predicted octanol–water partition coefficient (Wildman–Crippen LogP) is 1.83. The normalized spacial score (nSPS) is 13.9. The summed E-state index contributed by atoms with van der Waals surface area (Å²) >= 11 is 0. The molecule has 2 unspecified atom stereocenters. The zero-order valence-electron chi connectivity index (χ0n) is 13.7. The molecule has 1 amide bonds. The average Bonchev–Trinajstić information content (AvgIpc) is 2.44. The molecule has 0 saturated heterocycles. The minimum Gasteiger partial charge on any atom is -0.478 e. The third kappa shape index (κ3) is 6.13. The van der Waals surface area contributed by atoms with Crippen molar-refractivity contribution >= 4 is 12.1 Å². The molecule has 2 atom stereocenters. The Morgan fingerprint density at radius 3 is 2.46 bits per heavy atom. The molecule has 0 aliphatic rings. The number of ether oxygens (including phenoxy) is 1. The van der Waals surface area contributed by atoms with Gasteiger partial charge in [-0.25, -0.2) is 14.0 Å². The van der Waals surface area contributed by atoms with E-state index >= 15 is 0 Å². The Bertz CT molecular complexity index is 599. The number of carboxylic acids is 1. The van der Waals surface area contributed by atoms with E-state index in [1.165, 1.54) is 0 Å². The lowest BCUT2D eigenvalue weighted by molar-refractivity contribution is 0.0115. The van der Waals surface area contributed by atoms with Crippen LogP contribution in [0.25, 0.3) is 0 Å². The Balaban J connectivity index is 2.64. The monoisotopic (exact) mass is 343 g/mol. The Morgan fingerprint density at radius 2 is 1.92 bits per heavy atom. The summed E-state index contributed by atoms with van der Waals surface area (Å²) in [5.74, 6) is -2.17. The predicted molar refractivity (Wildman–Crippen MR) is 83.2 cm³/mol. The van der Waals surface area contributed by atoms with Gasteiger partial charge in [0.2, 0.25) is 0 Å². The number of hydrogen-bond acceptors (Lipinski definition) is 5. The van der Waals surface area contributed by atoms with Gasteiger partial charge >= 0.3 is 12.1 Å². The quantitative estimate of drug-likeness (QED) is 0.626. The number of nitrogens with one attached hydrogen (secondary N) is 1. The Morgan fingerprint density at radius 1 is 1.29 bits per heavy atom. The summed E-state index contributed by atoms with van der Waals surface area (Å²) in [6, 6.07) is 2.87. The molecule has 0 aliphatic heterocycles. The number of aliphatic hydroxyl groups is 2. The second-order valence-electron chi connectivity index (χ2n) is 6.27. The molecular formula is C16H22FNO6. The van der Waals surface area contributed by atoms with Gasteiger partial charge in [0.1, 0.15) is 17.5 Å². The highest BCUT2D eigenvalue weighted by atomic mass is 19.1. The van der Waals surface area contributed by atoms with Crippen LogP contribution in [0.2, 0.25) is 0 Å². The largest absolute Gasteiger partial charge is 0.478 e. The summed E-state index contributed by atoms with van der Waals surface area (Å²) in [5, 5.41) is 31.5. The first kappa shape index (κ1) is 19.9. The number of carbonyl (C=O) groups is 2. The van der Waals surface area contributed by atoms with Crippen LogP contribution in [-0.4, -0.2) is 45.6 Å². The van der Waals surface area contributed by atoms with Gasteiger partial charge in [0.05, 0.1) is 11.7 Å². The number of carboxylic acid groups (broad SMARTS) is 1. The van der Waals surface area contributed by atoms with Crippen molar-refractivity contribution in [3.05, 3.63) is 35.1 Å². The van der Waals surface area contributed by atoms with E-state index in [1.54, 1.807) is 20.8 Å². The van der Waals surface area contributed by atoms with E-state index in [2.05, 4.69) is 5.32 Å². The molecule has 1 aromatic rings. The van der Waals surface area contributed by atoms with E-state index in [0.29, 0.717) is 0 Å². The van der Waals surface area contributed by atoms with E-state index in [-0.39, 0.29) is 18.5 Å². The van der Waals surface area contributed by atoms with Crippen LogP contribution in [0.3, 0.4) is 0 Å². The first-order valence-corrected chi connectivity index (χ1v) is 7.37. The van der Waals surface area contributed by atoms with Gasteiger partial charge in [0, 0.05) is 6.54 Å². The van der Waals surface area contributed by atoms with Gasteiger partial charge in [0.15, 0.2) is 0 Å². The fourth-order valence-electron chi connectivity index (χ4n) is 1.97. The number of alkyl carbamates (subject to hydrolysis) is 1. The van der Waals surface area contributed by atoms with Crippen molar-refractivity contribution in [1.82, 2.24) is 5.32 Å². The third-order valence-corrected chi connectivity index (χ3v) is 3.04. The molecular weight excluding hydrogens is 321 g/mol. The zero-order chi connectivity index (χ0) is 18.5. The summed E-state index contributed by atoms with van der Waals surface area (Å²) in [4.78, 5) is 22.6. The SMILES string of the molecule is CC(C)(C)OC(=O)NCCC(O)C(O)c1ccc(F)cc1C(=O)O. The van der Waals surface area contributed by atoms with Gasteiger partial charge in [-0.2, -0.15) is 0 Å². The number of rotatable bonds is 6. The number of aliphatic hydroxyl groups excluding tert-OH is 2. The molecule has 0 bridgehead atoms. The smallest absolute Gasteiger partial charge is 0.407 e. The van der Waals surface area contributed by atoms with Crippen molar-refractivity contribution in [3.63, 3.8) is 0 Å². The van der Waals surface area contributed by atoms with Crippen molar-refractivity contribution in [2.45, 2.75) is 45.0 Å². The van der Waals surface area contributed by atoms with E-state index in [9.17, 15) is 24.2 Å². The lowest BCUT2D eigenvalue weighted by atomic mass is 9.97. The number of carbonyl (C=O) groups excluding carboxylic acids is 1. The fourth-order valence-corrected chi connectivity index (χ4v) is 1.97. The minimum atomic E-state index is -1.53. The maximum absolute atomic E-state index is 13.1. The average molecular weight is 343 g/mol. The van der Waals surface area contributed by atoms with Crippen molar-refractivity contribution in [1.29, 1.82) is 0 Å². The van der Waals surface area contributed by atoms with E-state index < -0.39 is 41.3 Å². The van der Waals surface area contributed by atoms with Gasteiger partial charge in [0.25, 0.3) is 0 Å². The molecule has 4 N–H and O–H groups in total. The third-order valence-electron chi connectivity index (χ3n) is 3.04. The highest BCUT2D eigenvalue weighted by Gasteiger charge is 2.24. The standard InChI is InChI=1S/C16H22FNO6/c1-16(2,3)24-15(23)18-7-6-12(19)13(20)10-5-4-9(17)8-11(10)14(21)22/h4-5,8,12-13,19-20H,6-7H2,1-3H3,(H,18,23)(H,21,22). The Kier molecular flexibility index (Phi) is 6.68. The van der Waals surface area contributed by atoms with Crippen LogP contribution in [0.1, 0.15) is 49.2 Å². The Hall–Kier alpha value is -2.19. The van der Waals surface area contributed by atoms with Crippen LogP contribution in [0.5, 0.6) is 0 Å². The van der Waals surface area contributed by atoms with Crippen LogP contribution < -0.4 is 5.32 Å². The summed E-state index contributed by atoms with van der Waals surface area (Å²) in [7, 11) is 0. The van der Waals surface area contributed by atoms with E-state index in [4.69, 9.17) is 9.84 Å². The molecule has 0 heterocycles. The van der Waals surface area contributed by atoms with Crippen molar-refractivity contribution in [2.75, 3.05) is 6.54 Å². The topological polar surface area (TPSA) is 116 Å². The van der Waals surface area contributed by atoms with Crippen LogP contribution in [-0.2, 0) is 4.74 Å². The summed E-state index contributed by atoms with van der Waals surface area (Å²) < 4.78 is 18.1. The van der Waals surface area contributed by atoms with Crippen LogP contribution in [0.4, 0.5) is 9.18 Å². The molecule has 0 spiro atoms. The van der Waals surface area contributed by atoms with Gasteiger partial charge in [-0.1, -0.05) is 6.07 Å². The van der Waals surface area contributed by atoms with Crippen LogP contribution in [0.15, 0.2) is 18.2 Å². The zero-order valence-corrected chi connectivity index (χ0v) is 13.7. The van der Waals surface area contributed by atoms with Gasteiger partial charge in [-0.15, -0.1) is 0 Å². The van der Waals surface area contributed by atoms with Gasteiger partial charge < -0.3 is 25.4 Å². The number of aromatic carboxylic acids is 1. The molecule has 1 aromatic carbocycles. The van der Waals surface area contributed by atoms with Gasteiger partial charge in [-0.05, 0) is 44.9 Å².